The molecule has 0 saturated carbocycles. The smallest absolute Gasteiger partial charge is 0.320 e. The van der Waals surface area contributed by atoms with Crippen molar-refractivity contribution in [1.29, 1.82) is 0 Å². The Bertz CT molecular complexity index is 1170. The van der Waals surface area contributed by atoms with Crippen LogP contribution in [0.3, 0.4) is 0 Å². The summed E-state index contributed by atoms with van der Waals surface area (Å²) < 4.78 is 54.0. The monoisotopic (exact) mass is 456 g/mol. The van der Waals surface area contributed by atoms with Crippen LogP contribution in [0, 0.1) is 0 Å². The molecule has 0 aliphatic heterocycles. The molecule has 0 atom stereocenters. The summed E-state index contributed by atoms with van der Waals surface area (Å²) in [5, 5.41) is 0.384. The van der Waals surface area contributed by atoms with Crippen LogP contribution in [0.25, 0.3) is 11.0 Å². The molecule has 160 valence electrons. The summed E-state index contributed by atoms with van der Waals surface area (Å²) >= 11 is 5.78. The maximum Gasteiger partial charge on any atom is 0.320 e. The van der Waals surface area contributed by atoms with E-state index < -0.39 is 29.0 Å². The fourth-order valence-corrected chi connectivity index (χ4v) is 4.15. The van der Waals surface area contributed by atoms with Crippen molar-refractivity contribution in [2.75, 3.05) is 20.6 Å². The summed E-state index contributed by atoms with van der Waals surface area (Å²) in [6, 6.07) is 12.0. The maximum absolute atomic E-state index is 13.5. The average molecular weight is 457 g/mol. The SMILES string of the molecule is CN(Cc1nc2ccccc2n1C(F)F)C(=O)CN(C)S(=O)(=O)c1ccc(Cl)cc1. The van der Waals surface area contributed by atoms with Gasteiger partial charge in [0.25, 0.3) is 0 Å². The Labute approximate surface area is 177 Å². The van der Waals surface area contributed by atoms with Gasteiger partial charge in [-0.2, -0.15) is 13.1 Å². The van der Waals surface area contributed by atoms with E-state index in [4.69, 9.17) is 11.6 Å². The van der Waals surface area contributed by atoms with E-state index in [-0.39, 0.29) is 22.8 Å². The zero-order chi connectivity index (χ0) is 22.1. The molecule has 2 aromatic carbocycles. The van der Waals surface area contributed by atoms with Gasteiger partial charge in [0.1, 0.15) is 5.82 Å². The fourth-order valence-electron chi connectivity index (χ4n) is 2.91. The van der Waals surface area contributed by atoms with Crippen LogP contribution >= 0.6 is 11.6 Å². The van der Waals surface area contributed by atoms with Gasteiger partial charge in [0.2, 0.25) is 15.9 Å². The molecule has 7 nitrogen and oxygen atoms in total. The molecule has 3 rings (SSSR count). The second kappa shape index (κ2) is 8.66. The first-order valence-electron chi connectivity index (χ1n) is 8.81. The van der Waals surface area contributed by atoms with Crippen LogP contribution in [-0.2, 0) is 21.4 Å². The minimum absolute atomic E-state index is 0.00487. The fraction of sp³-hybridized carbons (Fsp3) is 0.263. The van der Waals surface area contributed by atoms with E-state index in [1.807, 2.05) is 0 Å². The lowest BCUT2D eigenvalue weighted by atomic mass is 10.3. The Balaban J connectivity index is 1.76. The first kappa shape index (κ1) is 22.1. The molecular formula is C19H19ClF2N4O3S. The van der Waals surface area contributed by atoms with E-state index in [2.05, 4.69) is 4.98 Å². The second-order valence-electron chi connectivity index (χ2n) is 6.63. The first-order valence-corrected chi connectivity index (χ1v) is 10.6. The normalized spacial score (nSPS) is 12.1. The van der Waals surface area contributed by atoms with Crippen molar-refractivity contribution in [3.05, 3.63) is 59.4 Å². The number of nitrogens with zero attached hydrogens (tertiary/aromatic N) is 4. The van der Waals surface area contributed by atoms with Crippen LogP contribution < -0.4 is 0 Å². The van der Waals surface area contributed by atoms with E-state index >= 15 is 0 Å². The summed E-state index contributed by atoms with van der Waals surface area (Å²) in [5.41, 5.74) is 0.641. The van der Waals surface area contributed by atoms with Crippen molar-refractivity contribution in [1.82, 2.24) is 18.8 Å². The molecule has 0 aliphatic carbocycles. The number of hydrogen-bond acceptors (Lipinski definition) is 4. The summed E-state index contributed by atoms with van der Waals surface area (Å²) in [5.74, 6) is -0.562. The molecule has 1 aromatic heterocycles. The number of aromatic nitrogens is 2. The van der Waals surface area contributed by atoms with Gasteiger partial charge < -0.3 is 4.90 Å². The Morgan fingerprint density at radius 1 is 1.13 bits per heavy atom. The van der Waals surface area contributed by atoms with Crippen LogP contribution in [0.1, 0.15) is 12.4 Å². The standard InChI is InChI=1S/C19H19ClF2N4O3S/c1-24(11-17-23-15-5-3-4-6-16(15)26(17)19(21)22)18(27)12-25(2)30(28,29)14-9-7-13(20)8-10-14/h3-10,19H,11-12H2,1-2H3. The Hall–Kier alpha value is -2.56. The van der Waals surface area contributed by atoms with Gasteiger partial charge in [-0.1, -0.05) is 23.7 Å². The summed E-state index contributed by atoms with van der Waals surface area (Å²) in [7, 11) is -1.24. The number of carbonyl (C=O) groups is 1. The van der Waals surface area contributed by atoms with Crippen LogP contribution in [0.2, 0.25) is 5.02 Å². The van der Waals surface area contributed by atoms with Gasteiger partial charge in [-0.05, 0) is 36.4 Å². The number of rotatable bonds is 7. The molecule has 0 bridgehead atoms. The van der Waals surface area contributed by atoms with E-state index in [1.165, 1.54) is 44.4 Å². The molecule has 0 aliphatic rings. The zero-order valence-electron chi connectivity index (χ0n) is 16.2. The van der Waals surface area contributed by atoms with Crippen molar-refractivity contribution in [3.8, 4) is 0 Å². The lowest BCUT2D eigenvalue weighted by Gasteiger charge is -2.22. The van der Waals surface area contributed by atoms with Crippen molar-refractivity contribution in [2.24, 2.45) is 0 Å². The van der Waals surface area contributed by atoms with E-state index in [0.29, 0.717) is 10.5 Å². The average Bonchev–Trinajstić information content (AvgIpc) is 3.06. The van der Waals surface area contributed by atoms with E-state index in [0.717, 1.165) is 13.8 Å². The van der Waals surface area contributed by atoms with Gasteiger partial charge in [0.05, 0.1) is 29.0 Å². The van der Waals surface area contributed by atoms with Gasteiger partial charge >= 0.3 is 6.55 Å². The molecule has 1 amide bonds. The lowest BCUT2D eigenvalue weighted by Crippen LogP contribution is -2.39. The minimum atomic E-state index is -3.91. The number of imidazole rings is 1. The second-order valence-corrected chi connectivity index (χ2v) is 9.11. The number of halogens is 3. The molecule has 11 heteroatoms. The van der Waals surface area contributed by atoms with Crippen molar-refractivity contribution >= 4 is 38.6 Å². The molecule has 0 unspecified atom stereocenters. The maximum atomic E-state index is 13.5. The number of likely N-dealkylation sites (N-methyl/N-ethyl adjacent to an activating group) is 2. The molecule has 0 radical (unpaired) electrons. The summed E-state index contributed by atoms with van der Waals surface area (Å²) in [4.78, 5) is 17.9. The van der Waals surface area contributed by atoms with Gasteiger partial charge in [-0.25, -0.2) is 13.4 Å². The Morgan fingerprint density at radius 2 is 1.77 bits per heavy atom. The molecule has 0 spiro atoms. The zero-order valence-corrected chi connectivity index (χ0v) is 17.7. The third kappa shape index (κ3) is 4.45. The highest BCUT2D eigenvalue weighted by Crippen LogP contribution is 2.24. The Morgan fingerprint density at radius 3 is 2.40 bits per heavy atom. The highest BCUT2D eigenvalue weighted by atomic mass is 35.5. The third-order valence-electron chi connectivity index (χ3n) is 4.55. The Kier molecular flexibility index (Phi) is 6.39. The van der Waals surface area contributed by atoms with Crippen LogP contribution in [0.5, 0.6) is 0 Å². The molecule has 0 fully saturated rings. The predicted molar refractivity (Wildman–Crippen MR) is 109 cm³/mol. The topological polar surface area (TPSA) is 75.5 Å². The quantitative estimate of drug-likeness (QED) is 0.546. The van der Waals surface area contributed by atoms with Crippen molar-refractivity contribution < 1.29 is 22.0 Å². The van der Waals surface area contributed by atoms with E-state index in [9.17, 15) is 22.0 Å². The predicted octanol–water partition coefficient (Wildman–Crippen LogP) is 3.36. The van der Waals surface area contributed by atoms with Crippen LogP contribution in [-0.4, -0.2) is 53.7 Å². The highest BCUT2D eigenvalue weighted by Gasteiger charge is 2.26. The number of benzene rings is 2. The van der Waals surface area contributed by atoms with Gasteiger partial charge in [0, 0.05) is 19.1 Å². The summed E-state index contributed by atoms with van der Waals surface area (Å²) in [6.07, 6.45) is 0. The number of alkyl halides is 2. The van der Waals surface area contributed by atoms with Gasteiger partial charge in [0.15, 0.2) is 0 Å². The molecule has 30 heavy (non-hydrogen) atoms. The van der Waals surface area contributed by atoms with Crippen LogP contribution in [0.4, 0.5) is 8.78 Å². The lowest BCUT2D eigenvalue weighted by molar-refractivity contribution is -0.130. The number of amides is 1. The number of para-hydroxylation sites is 2. The number of sulfonamides is 1. The molecule has 0 saturated heterocycles. The number of fused-ring (bicyclic) bond motifs is 1. The third-order valence-corrected chi connectivity index (χ3v) is 6.62. The van der Waals surface area contributed by atoms with Gasteiger partial charge in [-0.3, -0.25) is 9.36 Å². The van der Waals surface area contributed by atoms with Crippen molar-refractivity contribution in [3.63, 3.8) is 0 Å². The molecule has 1 heterocycles. The molecule has 3 aromatic rings. The van der Waals surface area contributed by atoms with Gasteiger partial charge in [-0.15, -0.1) is 0 Å². The number of carbonyl (C=O) groups excluding carboxylic acids is 1. The van der Waals surface area contributed by atoms with Crippen LogP contribution in [0.15, 0.2) is 53.4 Å². The minimum Gasteiger partial charge on any atom is -0.337 e. The molecular weight excluding hydrogens is 438 g/mol. The number of hydrogen-bond donors (Lipinski definition) is 0. The highest BCUT2D eigenvalue weighted by molar-refractivity contribution is 7.89. The molecule has 0 N–H and O–H groups in total. The van der Waals surface area contributed by atoms with E-state index in [1.54, 1.807) is 18.2 Å². The first-order chi connectivity index (χ1) is 14.1. The largest absolute Gasteiger partial charge is 0.337 e. The van der Waals surface area contributed by atoms with Crippen molar-refractivity contribution in [2.45, 2.75) is 18.0 Å². The summed E-state index contributed by atoms with van der Waals surface area (Å²) in [6.45, 7) is -3.49.